The zero-order valence-electron chi connectivity index (χ0n) is 30.6. The van der Waals surface area contributed by atoms with E-state index >= 15 is 0 Å². The third-order valence-electron chi connectivity index (χ3n) is 9.25. The minimum atomic E-state index is -4.01. The molecule has 2 fully saturated rings. The number of urea groups is 1. The lowest BCUT2D eigenvalue weighted by atomic mass is 9.85. The van der Waals surface area contributed by atoms with Crippen LogP contribution in [0, 0.1) is 0 Å². The summed E-state index contributed by atoms with van der Waals surface area (Å²) in [4.78, 5) is 33.0. The van der Waals surface area contributed by atoms with Gasteiger partial charge in [0.2, 0.25) is 10.0 Å². The van der Waals surface area contributed by atoms with Gasteiger partial charge in [-0.2, -0.15) is 0 Å². The van der Waals surface area contributed by atoms with E-state index in [9.17, 15) is 18.0 Å². The number of rotatable bonds is 12. The Morgan fingerprint density at radius 3 is 2.38 bits per heavy atom. The standard InChI is InChI=1S/C39H47N5O8S/c1-39(2,3)28-19-27(25-53(47,48)41-22-36(45)52-30-13-16-51-24-30)37(49-4)35(20-28)43-38(46)42-34-12-11-31(32-7-5-6-8-33(32)34)26-9-10-29(40-21-26)23-44-14-17-50-18-15-44/h5-12,19-21,30,41H,13-18,22-25H2,1-4H3,(H2,42,43,46). The fourth-order valence-electron chi connectivity index (χ4n) is 6.42. The molecule has 53 heavy (non-hydrogen) atoms. The number of fused-ring (bicyclic) bond motifs is 1. The van der Waals surface area contributed by atoms with Gasteiger partial charge >= 0.3 is 12.0 Å². The first-order valence-electron chi connectivity index (χ1n) is 17.7. The first kappa shape index (κ1) is 38.1. The van der Waals surface area contributed by atoms with Crippen molar-refractivity contribution < 1.29 is 37.0 Å². The monoisotopic (exact) mass is 745 g/mol. The van der Waals surface area contributed by atoms with E-state index in [2.05, 4.69) is 32.4 Å². The van der Waals surface area contributed by atoms with Crippen LogP contribution in [0.4, 0.5) is 16.2 Å². The molecule has 3 aromatic carbocycles. The van der Waals surface area contributed by atoms with Gasteiger partial charge in [-0.3, -0.25) is 14.7 Å². The summed E-state index contributed by atoms with van der Waals surface area (Å²) in [7, 11) is -2.60. The van der Waals surface area contributed by atoms with Gasteiger partial charge in [0.1, 0.15) is 18.4 Å². The average Bonchev–Trinajstić information content (AvgIpc) is 3.64. The summed E-state index contributed by atoms with van der Waals surface area (Å²) in [5, 5.41) is 7.65. The lowest BCUT2D eigenvalue weighted by Gasteiger charge is -2.26. The number of sulfonamides is 1. The predicted octanol–water partition coefficient (Wildman–Crippen LogP) is 5.44. The van der Waals surface area contributed by atoms with Crippen LogP contribution in [0.1, 0.15) is 44.0 Å². The number of carbonyl (C=O) groups is 2. The number of ether oxygens (including phenoxy) is 4. The first-order valence-corrected chi connectivity index (χ1v) is 19.3. The highest BCUT2D eigenvalue weighted by molar-refractivity contribution is 7.88. The van der Waals surface area contributed by atoms with Crippen molar-refractivity contribution in [2.45, 2.75) is 51.0 Å². The molecule has 282 valence electrons. The molecule has 13 nitrogen and oxygen atoms in total. The third-order valence-corrected chi connectivity index (χ3v) is 10.5. The van der Waals surface area contributed by atoms with E-state index in [0.717, 1.165) is 66.0 Å². The molecular weight excluding hydrogens is 699 g/mol. The number of anilines is 2. The normalized spacial score (nSPS) is 16.7. The highest BCUT2D eigenvalue weighted by Gasteiger charge is 2.26. The number of pyridine rings is 1. The van der Waals surface area contributed by atoms with Crippen LogP contribution in [0.3, 0.4) is 0 Å². The second-order valence-corrected chi connectivity index (χ2v) is 16.0. The fraction of sp³-hybridized carbons (Fsp3) is 0.410. The van der Waals surface area contributed by atoms with Crippen LogP contribution < -0.4 is 20.1 Å². The Balaban J connectivity index is 1.19. The molecule has 1 atom stereocenters. The minimum absolute atomic E-state index is 0.189. The molecule has 0 radical (unpaired) electrons. The van der Waals surface area contributed by atoms with Crippen LogP contribution in [0.2, 0.25) is 0 Å². The number of hydrogen-bond acceptors (Lipinski definition) is 10. The van der Waals surface area contributed by atoms with Crippen LogP contribution in [-0.2, 0) is 46.7 Å². The van der Waals surface area contributed by atoms with Crippen LogP contribution in [0.5, 0.6) is 5.75 Å². The van der Waals surface area contributed by atoms with Gasteiger partial charge in [-0.15, -0.1) is 0 Å². The molecule has 1 aromatic heterocycles. The minimum Gasteiger partial charge on any atom is -0.494 e. The van der Waals surface area contributed by atoms with Crippen LogP contribution in [-0.4, -0.2) is 89.6 Å². The number of hydrogen-bond donors (Lipinski definition) is 3. The summed E-state index contributed by atoms with van der Waals surface area (Å²) in [5.41, 5.74) is 4.52. The molecule has 3 heterocycles. The zero-order chi connectivity index (χ0) is 37.6. The fourth-order valence-corrected chi connectivity index (χ4v) is 7.49. The maximum Gasteiger partial charge on any atom is 0.323 e. The summed E-state index contributed by atoms with van der Waals surface area (Å²) in [5.74, 6) is -0.993. The number of amides is 2. The van der Waals surface area contributed by atoms with Crippen molar-refractivity contribution in [2.75, 3.05) is 63.8 Å². The topological polar surface area (TPSA) is 157 Å². The van der Waals surface area contributed by atoms with Crippen molar-refractivity contribution in [3.63, 3.8) is 0 Å². The molecule has 0 aliphatic carbocycles. The first-order chi connectivity index (χ1) is 25.4. The average molecular weight is 746 g/mol. The molecule has 14 heteroatoms. The largest absolute Gasteiger partial charge is 0.494 e. The van der Waals surface area contributed by atoms with Gasteiger partial charge in [-0.1, -0.05) is 63.2 Å². The van der Waals surface area contributed by atoms with Crippen LogP contribution >= 0.6 is 0 Å². The second-order valence-electron chi connectivity index (χ2n) is 14.2. The Morgan fingerprint density at radius 1 is 0.943 bits per heavy atom. The van der Waals surface area contributed by atoms with Crippen molar-refractivity contribution in [1.29, 1.82) is 0 Å². The van der Waals surface area contributed by atoms with Gasteiger partial charge < -0.3 is 29.6 Å². The van der Waals surface area contributed by atoms with Crippen molar-refractivity contribution in [1.82, 2.24) is 14.6 Å². The maximum atomic E-state index is 13.6. The van der Waals surface area contributed by atoms with Gasteiger partial charge in [-0.05, 0) is 40.1 Å². The number of aromatic nitrogens is 1. The molecule has 2 saturated heterocycles. The molecule has 2 amide bonds. The van der Waals surface area contributed by atoms with E-state index in [1.165, 1.54) is 7.11 Å². The molecule has 0 spiro atoms. The number of nitrogens with zero attached hydrogens (tertiary/aromatic N) is 2. The van der Waals surface area contributed by atoms with E-state index in [1.54, 1.807) is 12.1 Å². The number of carbonyl (C=O) groups excluding carboxylic acids is 2. The molecule has 0 saturated carbocycles. The number of methoxy groups -OCH3 is 1. The smallest absolute Gasteiger partial charge is 0.323 e. The van der Waals surface area contributed by atoms with E-state index in [1.807, 2.05) is 63.4 Å². The number of benzene rings is 3. The molecule has 6 rings (SSSR count). The summed E-state index contributed by atoms with van der Waals surface area (Å²) < 4.78 is 50.3. The van der Waals surface area contributed by atoms with Gasteiger partial charge in [0, 0.05) is 48.8 Å². The highest BCUT2D eigenvalue weighted by atomic mass is 32.2. The number of morpholine rings is 1. The van der Waals surface area contributed by atoms with Crippen molar-refractivity contribution in [2.24, 2.45) is 0 Å². The lowest BCUT2D eigenvalue weighted by molar-refractivity contribution is -0.147. The van der Waals surface area contributed by atoms with Crippen molar-refractivity contribution >= 4 is 44.2 Å². The highest BCUT2D eigenvalue weighted by Crippen LogP contribution is 2.37. The van der Waals surface area contributed by atoms with E-state index < -0.39 is 39.7 Å². The summed E-state index contributed by atoms with van der Waals surface area (Å²) in [6.07, 6.45) is 2.08. The molecule has 4 aromatic rings. The molecule has 1 unspecified atom stereocenters. The number of esters is 1. The SMILES string of the molecule is COc1c(CS(=O)(=O)NCC(=O)OC2CCOC2)cc(C(C)(C)C)cc1NC(=O)Nc1ccc(-c2ccc(CN3CCOCC3)nc2)c2ccccc12. The Labute approximate surface area is 310 Å². The Kier molecular flexibility index (Phi) is 11.9. The predicted molar refractivity (Wildman–Crippen MR) is 204 cm³/mol. The maximum absolute atomic E-state index is 13.6. The molecule has 3 N–H and O–H groups in total. The van der Waals surface area contributed by atoms with Gasteiger partial charge in [0.25, 0.3) is 0 Å². The van der Waals surface area contributed by atoms with Gasteiger partial charge in [0.05, 0.1) is 56.4 Å². The zero-order valence-corrected chi connectivity index (χ0v) is 31.4. The number of nitrogens with one attached hydrogen (secondary N) is 3. The quantitative estimate of drug-likeness (QED) is 0.160. The Bertz CT molecular complexity index is 2040. The summed E-state index contributed by atoms with van der Waals surface area (Å²) in [6, 6.07) is 18.8. The molecule has 2 aliphatic rings. The molecule has 0 bridgehead atoms. The Morgan fingerprint density at radius 2 is 1.70 bits per heavy atom. The molecular formula is C39H47N5O8S. The van der Waals surface area contributed by atoms with E-state index in [0.29, 0.717) is 36.6 Å². The Hall–Kier alpha value is -4.60. The van der Waals surface area contributed by atoms with Crippen molar-refractivity contribution in [3.8, 4) is 16.9 Å². The van der Waals surface area contributed by atoms with E-state index in [-0.39, 0.29) is 11.9 Å². The third kappa shape index (κ3) is 9.89. The second kappa shape index (κ2) is 16.6. The van der Waals surface area contributed by atoms with Crippen molar-refractivity contribution in [3.05, 3.63) is 83.7 Å². The van der Waals surface area contributed by atoms with Gasteiger partial charge in [-0.25, -0.2) is 17.9 Å². The van der Waals surface area contributed by atoms with Crippen LogP contribution in [0.15, 0.2) is 66.9 Å². The van der Waals surface area contributed by atoms with E-state index in [4.69, 9.17) is 23.9 Å². The molecule has 2 aliphatic heterocycles. The summed E-state index contributed by atoms with van der Waals surface area (Å²) in [6.45, 7) is 10.3. The van der Waals surface area contributed by atoms with Gasteiger partial charge in [0.15, 0.2) is 0 Å². The summed E-state index contributed by atoms with van der Waals surface area (Å²) >= 11 is 0. The van der Waals surface area contributed by atoms with Crippen LogP contribution in [0.25, 0.3) is 21.9 Å². The lowest BCUT2D eigenvalue weighted by Crippen LogP contribution is -2.35.